The molecule has 8 nitrogen and oxygen atoms in total. The van der Waals surface area contributed by atoms with Gasteiger partial charge in [0.25, 0.3) is 0 Å². The van der Waals surface area contributed by atoms with Crippen LogP contribution < -0.4 is 0 Å². The molecule has 0 atom stereocenters. The van der Waals surface area contributed by atoms with E-state index in [1.54, 1.807) is 0 Å². The number of hydrogen-bond acceptors (Lipinski definition) is 8. The number of allylic oxidation sites excluding steroid dienone is 4. The molecule has 56 heavy (non-hydrogen) atoms. The monoisotopic (exact) mass is 789 g/mol. The largest absolute Gasteiger partial charge is 0.435 e. The third kappa shape index (κ3) is 48.9. The van der Waals surface area contributed by atoms with E-state index in [0.29, 0.717) is 0 Å². The maximum atomic E-state index is 11.7. The summed E-state index contributed by atoms with van der Waals surface area (Å²) in [7, 11) is 0. The molecule has 8 heteroatoms. The molecule has 0 saturated heterocycles. The zero-order valence-corrected chi connectivity index (χ0v) is 36.5. The molecule has 0 fully saturated rings. The van der Waals surface area contributed by atoms with E-state index in [-0.39, 0.29) is 25.7 Å². The van der Waals surface area contributed by atoms with Crippen LogP contribution in [0.4, 0.5) is 0 Å². The number of hydrogen-bond donors (Lipinski definition) is 0. The van der Waals surface area contributed by atoms with Crippen LogP contribution in [0.2, 0.25) is 0 Å². The highest BCUT2D eigenvalue weighted by Gasteiger charge is 2.08. The Morgan fingerprint density at radius 2 is 0.464 bits per heavy atom. The third-order valence-corrected chi connectivity index (χ3v) is 9.15. The number of ether oxygens (including phenoxy) is 4. The number of unbranched alkanes of at least 4 members (excludes halogenated alkanes) is 24. The Hall–Kier alpha value is -3.16. The predicted octanol–water partition coefficient (Wildman–Crippen LogP) is 14.8. The molecular weight excluding hydrogens is 705 g/mol. The van der Waals surface area contributed by atoms with Gasteiger partial charge in [-0.05, 0) is 75.7 Å². The summed E-state index contributed by atoms with van der Waals surface area (Å²) in [6.07, 6.45) is 47.2. The van der Waals surface area contributed by atoms with Gasteiger partial charge >= 0.3 is 23.9 Å². The molecule has 0 aromatic rings. The van der Waals surface area contributed by atoms with Crippen molar-refractivity contribution >= 4 is 23.9 Å². The Balaban J connectivity index is 0. The van der Waals surface area contributed by atoms with Crippen LogP contribution in [-0.2, 0) is 38.1 Å². The fourth-order valence-corrected chi connectivity index (χ4v) is 5.58. The first-order valence-electron chi connectivity index (χ1n) is 22.8. The number of rotatable bonds is 38. The van der Waals surface area contributed by atoms with Gasteiger partial charge in [0.1, 0.15) is 0 Å². The molecule has 0 heterocycles. The summed E-state index contributed by atoms with van der Waals surface area (Å²) in [5.41, 5.74) is 0. The van der Waals surface area contributed by atoms with Crippen molar-refractivity contribution in [2.45, 2.75) is 233 Å². The van der Waals surface area contributed by atoms with Gasteiger partial charge in [0.15, 0.2) is 0 Å². The Labute approximate surface area is 343 Å². The molecule has 0 bridgehead atoms. The van der Waals surface area contributed by atoms with Gasteiger partial charge < -0.3 is 18.9 Å². The predicted molar refractivity (Wildman–Crippen MR) is 231 cm³/mol. The summed E-state index contributed by atoms with van der Waals surface area (Å²) in [5, 5.41) is 0. The SMILES string of the molecule is CCCCCCC=COC(=O)CCC(=O)OC=CCCCCCC.CCCCCCCCCCC=COC(=O)CCC(=O)OC=CCCCCCCCCCC. The first kappa shape index (κ1) is 54.9. The molecule has 0 aromatic heterocycles. The van der Waals surface area contributed by atoms with Gasteiger partial charge in [-0.2, -0.15) is 0 Å². The van der Waals surface area contributed by atoms with Crippen LogP contribution in [0.25, 0.3) is 0 Å². The quantitative estimate of drug-likeness (QED) is 0.0263. The number of esters is 4. The lowest BCUT2D eigenvalue weighted by molar-refractivity contribution is -0.144. The second-order valence-electron chi connectivity index (χ2n) is 14.7. The first-order chi connectivity index (χ1) is 27.4. The Morgan fingerprint density at radius 1 is 0.286 bits per heavy atom. The molecule has 0 spiro atoms. The molecule has 0 rings (SSSR count). The average Bonchev–Trinajstić information content (AvgIpc) is 3.20. The Kier molecular flexibility index (Phi) is 47.1. The minimum Gasteiger partial charge on any atom is -0.435 e. The lowest BCUT2D eigenvalue weighted by atomic mass is 10.1. The van der Waals surface area contributed by atoms with Crippen LogP contribution in [0.1, 0.15) is 233 Å². The first-order valence-corrected chi connectivity index (χ1v) is 22.8. The van der Waals surface area contributed by atoms with Crippen LogP contribution in [0, 0.1) is 0 Å². The third-order valence-electron chi connectivity index (χ3n) is 9.15. The zero-order chi connectivity index (χ0) is 41.4. The average molecular weight is 789 g/mol. The molecule has 0 saturated carbocycles. The molecule has 324 valence electrons. The van der Waals surface area contributed by atoms with E-state index >= 15 is 0 Å². The molecule has 0 aromatic carbocycles. The molecule has 0 N–H and O–H groups in total. The number of carbonyl (C=O) groups is 4. The van der Waals surface area contributed by atoms with Gasteiger partial charge in [-0.1, -0.05) is 156 Å². The van der Waals surface area contributed by atoms with Gasteiger partial charge in [0.05, 0.1) is 50.7 Å². The van der Waals surface area contributed by atoms with Crippen molar-refractivity contribution in [1.29, 1.82) is 0 Å². The second kappa shape index (κ2) is 48.0. The van der Waals surface area contributed by atoms with Crippen molar-refractivity contribution in [3.8, 4) is 0 Å². The minimum atomic E-state index is -0.402. The van der Waals surface area contributed by atoms with E-state index in [9.17, 15) is 19.2 Å². The van der Waals surface area contributed by atoms with Crippen LogP contribution in [-0.4, -0.2) is 23.9 Å². The summed E-state index contributed by atoms with van der Waals surface area (Å²) in [6, 6.07) is 0. The lowest BCUT2D eigenvalue weighted by Gasteiger charge is -2.01. The highest BCUT2D eigenvalue weighted by molar-refractivity contribution is 5.78. The number of carbonyl (C=O) groups excluding carboxylic acids is 4. The van der Waals surface area contributed by atoms with E-state index in [1.807, 2.05) is 24.3 Å². The van der Waals surface area contributed by atoms with Crippen molar-refractivity contribution in [3.05, 3.63) is 49.4 Å². The highest BCUT2D eigenvalue weighted by atomic mass is 16.5. The maximum absolute atomic E-state index is 11.7. The van der Waals surface area contributed by atoms with Gasteiger partial charge in [0.2, 0.25) is 0 Å². The van der Waals surface area contributed by atoms with E-state index in [1.165, 1.54) is 153 Å². The van der Waals surface area contributed by atoms with E-state index in [0.717, 1.165) is 51.4 Å². The summed E-state index contributed by atoms with van der Waals surface area (Å²) < 4.78 is 19.9. The van der Waals surface area contributed by atoms with Crippen molar-refractivity contribution in [2.75, 3.05) is 0 Å². The topological polar surface area (TPSA) is 105 Å². The Bertz CT molecular complexity index is 933. The van der Waals surface area contributed by atoms with Crippen LogP contribution in [0.5, 0.6) is 0 Å². The molecule has 0 aliphatic rings. The lowest BCUT2D eigenvalue weighted by Crippen LogP contribution is -2.06. The molecule has 0 aliphatic carbocycles. The van der Waals surface area contributed by atoms with Crippen molar-refractivity contribution in [1.82, 2.24) is 0 Å². The van der Waals surface area contributed by atoms with Crippen molar-refractivity contribution in [2.24, 2.45) is 0 Å². The normalized spacial score (nSPS) is 11.4. The van der Waals surface area contributed by atoms with Gasteiger partial charge in [-0.15, -0.1) is 0 Å². The van der Waals surface area contributed by atoms with Gasteiger partial charge in [0, 0.05) is 0 Å². The molecule has 0 radical (unpaired) electrons. The van der Waals surface area contributed by atoms with Crippen LogP contribution in [0.3, 0.4) is 0 Å². The second-order valence-corrected chi connectivity index (χ2v) is 14.7. The van der Waals surface area contributed by atoms with Crippen molar-refractivity contribution < 1.29 is 38.1 Å². The van der Waals surface area contributed by atoms with E-state index in [2.05, 4.69) is 27.7 Å². The maximum Gasteiger partial charge on any atom is 0.311 e. The van der Waals surface area contributed by atoms with Gasteiger partial charge in [-0.3, -0.25) is 19.2 Å². The van der Waals surface area contributed by atoms with Gasteiger partial charge in [-0.25, -0.2) is 0 Å². The van der Waals surface area contributed by atoms with Crippen LogP contribution >= 0.6 is 0 Å². The smallest absolute Gasteiger partial charge is 0.311 e. The molecule has 0 unspecified atom stereocenters. The highest BCUT2D eigenvalue weighted by Crippen LogP contribution is 2.11. The molecular formula is C48H84O8. The minimum absolute atomic E-state index is 0.0450. The van der Waals surface area contributed by atoms with E-state index in [4.69, 9.17) is 18.9 Å². The fraction of sp³-hybridized carbons (Fsp3) is 0.750. The Morgan fingerprint density at radius 3 is 0.679 bits per heavy atom. The fourth-order valence-electron chi connectivity index (χ4n) is 5.58. The molecule has 0 amide bonds. The van der Waals surface area contributed by atoms with Crippen molar-refractivity contribution in [3.63, 3.8) is 0 Å². The van der Waals surface area contributed by atoms with Crippen LogP contribution in [0.15, 0.2) is 49.4 Å². The summed E-state index contributed by atoms with van der Waals surface area (Å²) in [6.45, 7) is 8.82. The summed E-state index contributed by atoms with van der Waals surface area (Å²) >= 11 is 0. The molecule has 0 aliphatic heterocycles. The van der Waals surface area contributed by atoms with E-state index < -0.39 is 23.9 Å². The zero-order valence-electron chi connectivity index (χ0n) is 36.5. The summed E-state index contributed by atoms with van der Waals surface area (Å²) in [4.78, 5) is 46.3. The standard InChI is InChI=1S/C28H50O4.C20H34O4/c1-3-5-7-9-11-13-15-17-19-21-25-31-27(29)23-24-28(30)32-26-22-20-18-16-14-12-10-8-6-4-2;1-3-5-7-9-11-13-17-23-19(21)15-16-20(22)24-18-14-12-10-8-6-4-2/h21-22,25-26H,3-20,23-24H2,1-2H3;13-14,17-18H,3-12,15-16H2,1-2H3. The summed E-state index contributed by atoms with van der Waals surface area (Å²) in [5.74, 6) is -1.59.